The molecule has 0 aliphatic heterocycles. The van der Waals surface area contributed by atoms with Crippen LogP contribution in [0.25, 0.3) is 0 Å². The summed E-state index contributed by atoms with van der Waals surface area (Å²) in [6.07, 6.45) is 4.36. The number of aliphatic hydroxyl groups is 1. The van der Waals surface area contributed by atoms with E-state index in [1.165, 1.54) is 0 Å². The van der Waals surface area contributed by atoms with Crippen molar-refractivity contribution in [1.29, 1.82) is 0 Å². The number of sulfonamides is 1. The van der Waals surface area contributed by atoms with Crippen LogP contribution in [-0.4, -0.2) is 19.1 Å². The molecular weight excluding hydrogens is 274 g/mol. The third-order valence-corrected chi connectivity index (χ3v) is 5.98. The number of benzene rings is 1. The monoisotopic (exact) mass is 297 g/mol. The molecule has 1 aromatic carbocycles. The van der Waals surface area contributed by atoms with Crippen molar-refractivity contribution in [1.82, 2.24) is 4.72 Å². The van der Waals surface area contributed by atoms with Gasteiger partial charge in [-0.15, -0.1) is 0 Å². The molecule has 0 unspecified atom stereocenters. The van der Waals surface area contributed by atoms with Crippen molar-refractivity contribution in [3.63, 3.8) is 0 Å². The fourth-order valence-corrected chi connectivity index (χ4v) is 4.60. The maximum atomic E-state index is 12.7. The molecule has 0 spiro atoms. The van der Waals surface area contributed by atoms with Gasteiger partial charge in [0, 0.05) is 5.54 Å². The van der Waals surface area contributed by atoms with E-state index in [4.69, 9.17) is 0 Å². The smallest absolute Gasteiger partial charge is 0.241 e. The molecule has 1 fully saturated rings. The summed E-state index contributed by atoms with van der Waals surface area (Å²) in [6.45, 7) is 3.81. The zero-order chi connectivity index (χ0) is 14.8. The fourth-order valence-electron chi connectivity index (χ4n) is 2.71. The van der Waals surface area contributed by atoms with E-state index in [0.29, 0.717) is 16.9 Å². The van der Waals surface area contributed by atoms with E-state index < -0.39 is 10.0 Å². The summed E-state index contributed by atoms with van der Waals surface area (Å²) in [5.41, 5.74) is 1.15. The van der Waals surface area contributed by atoms with Gasteiger partial charge >= 0.3 is 0 Å². The average Bonchev–Trinajstić information content (AvgIpc) is 2.42. The molecule has 0 radical (unpaired) electrons. The standard InChI is InChI=1S/C15H23NO3S/c1-3-13-7-6-12(11-17)10-14(13)20(18,19)16-15(4-2)8-5-9-15/h6-7,10,16-17H,3-5,8-9,11H2,1-2H3. The molecule has 5 heteroatoms. The van der Waals surface area contributed by atoms with E-state index in [-0.39, 0.29) is 12.1 Å². The lowest BCUT2D eigenvalue weighted by Gasteiger charge is -2.41. The molecule has 1 aliphatic rings. The Morgan fingerprint density at radius 3 is 2.45 bits per heavy atom. The van der Waals surface area contributed by atoms with Gasteiger partial charge in [-0.25, -0.2) is 13.1 Å². The minimum absolute atomic E-state index is 0.147. The summed E-state index contributed by atoms with van der Waals surface area (Å²) in [5, 5.41) is 9.21. The number of aryl methyl sites for hydroxylation is 1. The number of nitrogens with one attached hydrogen (secondary N) is 1. The van der Waals surface area contributed by atoms with Crippen LogP contribution < -0.4 is 4.72 Å². The van der Waals surface area contributed by atoms with Crippen molar-refractivity contribution >= 4 is 10.0 Å². The summed E-state index contributed by atoms with van der Waals surface area (Å²) < 4.78 is 28.2. The van der Waals surface area contributed by atoms with Crippen LogP contribution in [0.5, 0.6) is 0 Å². The maximum absolute atomic E-state index is 12.7. The highest BCUT2D eigenvalue weighted by Crippen LogP contribution is 2.36. The molecule has 0 aromatic heterocycles. The van der Waals surface area contributed by atoms with Crippen LogP contribution in [0.2, 0.25) is 0 Å². The first kappa shape index (κ1) is 15.5. The fraction of sp³-hybridized carbons (Fsp3) is 0.600. The number of rotatable bonds is 6. The van der Waals surface area contributed by atoms with Crippen LogP contribution in [0.1, 0.15) is 50.7 Å². The normalized spacial score (nSPS) is 17.8. The van der Waals surface area contributed by atoms with Gasteiger partial charge in [-0.05, 0) is 49.3 Å². The van der Waals surface area contributed by atoms with Crippen molar-refractivity contribution in [3.05, 3.63) is 29.3 Å². The third kappa shape index (κ3) is 2.90. The van der Waals surface area contributed by atoms with Crippen LogP contribution in [0.15, 0.2) is 23.1 Å². The molecule has 0 atom stereocenters. The lowest BCUT2D eigenvalue weighted by molar-refractivity contribution is 0.214. The Kier molecular flexibility index (Phi) is 4.52. The lowest BCUT2D eigenvalue weighted by Crippen LogP contribution is -2.52. The predicted molar refractivity (Wildman–Crippen MR) is 78.9 cm³/mol. The first-order chi connectivity index (χ1) is 9.46. The minimum Gasteiger partial charge on any atom is -0.392 e. The largest absolute Gasteiger partial charge is 0.392 e. The van der Waals surface area contributed by atoms with E-state index >= 15 is 0 Å². The van der Waals surface area contributed by atoms with E-state index in [0.717, 1.165) is 31.2 Å². The summed E-state index contributed by atoms with van der Waals surface area (Å²) in [5.74, 6) is 0. The van der Waals surface area contributed by atoms with Gasteiger partial charge in [-0.2, -0.15) is 0 Å². The molecule has 1 aromatic rings. The van der Waals surface area contributed by atoms with E-state index in [1.54, 1.807) is 18.2 Å². The second kappa shape index (κ2) is 5.84. The van der Waals surface area contributed by atoms with Crippen LogP contribution >= 0.6 is 0 Å². The maximum Gasteiger partial charge on any atom is 0.241 e. The number of hydrogen-bond donors (Lipinski definition) is 2. The Bertz CT molecular complexity index is 571. The van der Waals surface area contributed by atoms with Crippen molar-refractivity contribution in [3.8, 4) is 0 Å². The summed E-state index contributed by atoms with van der Waals surface area (Å²) >= 11 is 0. The summed E-state index contributed by atoms with van der Waals surface area (Å²) in [7, 11) is -3.53. The molecule has 0 amide bonds. The average molecular weight is 297 g/mol. The molecule has 20 heavy (non-hydrogen) atoms. The minimum atomic E-state index is -3.53. The van der Waals surface area contributed by atoms with Gasteiger partial charge in [0.2, 0.25) is 10.0 Å². The molecule has 1 aliphatic carbocycles. The Balaban J connectivity index is 2.37. The molecule has 0 heterocycles. The Morgan fingerprint density at radius 1 is 1.30 bits per heavy atom. The van der Waals surface area contributed by atoms with Crippen LogP contribution in [0.4, 0.5) is 0 Å². The van der Waals surface area contributed by atoms with Gasteiger partial charge in [0.25, 0.3) is 0 Å². The predicted octanol–water partition coefficient (Wildman–Crippen LogP) is 2.35. The number of hydrogen-bond acceptors (Lipinski definition) is 3. The highest BCUT2D eigenvalue weighted by Gasteiger charge is 2.39. The van der Waals surface area contributed by atoms with Crippen LogP contribution in [0.3, 0.4) is 0 Å². The highest BCUT2D eigenvalue weighted by atomic mass is 32.2. The van der Waals surface area contributed by atoms with Gasteiger partial charge < -0.3 is 5.11 Å². The van der Waals surface area contributed by atoms with Crippen LogP contribution in [0, 0.1) is 0 Å². The zero-order valence-electron chi connectivity index (χ0n) is 12.1. The lowest BCUT2D eigenvalue weighted by atomic mass is 9.76. The number of aliphatic hydroxyl groups excluding tert-OH is 1. The third-order valence-electron chi connectivity index (χ3n) is 4.32. The first-order valence-electron chi connectivity index (χ1n) is 7.23. The zero-order valence-corrected chi connectivity index (χ0v) is 13.0. The van der Waals surface area contributed by atoms with E-state index in [9.17, 15) is 13.5 Å². The van der Waals surface area contributed by atoms with E-state index in [2.05, 4.69) is 4.72 Å². The van der Waals surface area contributed by atoms with Gasteiger partial charge in [0.1, 0.15) is 0 Å². The molecule has 2 rings (SSSR count). The topological polar surface area (TPSA) is 66.4 Å². The molecular formula is C15H23NO3S. The van der Waals surface area contributed by atoms with Gasteiger partial charge in [0.15, 0.2) is 0 Å². The van der Waals surface area contributed by atoms with Gasteiger partial charge in [-0.3, -0.25) is 0 Å². The SMILES string of the molecule is CCc1ccc(CO)cc1S(=O)(=O)NC1(CC)CCC1. The molecule has 2 N–H and O–H groups in total. The Hall–Kier alpha value is -0.910. The van der Waals surface area contributed by atoms with Gasteiger partial charge in [0.05, 0.1) is 11.5 Å². The van der Waals surface area contributed by atoms with Crippen molar-refractivity contribution in [2.45, 2.75) is 63.0 Å². The van der Waals surface area contributed by atoms with Crippen molar-refractivity contribution in [2.24, 2.45) is 0 Å². The molecule has 0 bridgehead atoms. The molecule has 1 saturated carbocycles. The molecule has 0 saturated heterocycles. The molecule has 112 valence electrons. The Labute approximate surface area is 121 Å². The summed E-state index contributed by atoms with van der Waals surface area (Å²) in [6, 6.07) is 5.15. The Morgan fingerprint density at radius 2 is 2.00 bits per heavy atom. The molecule has 4 nitrogen and oxygen atoms in total. The van der Waals surface area contributed by atoms with Crippen LogP contribution in [-0.2, 0) is 23.1 Å². The summed E-state index contributed by atoms with van der Waals surface area (Å²) in [4.78, 5) is 0.311. The second-order valence-corrected chi connectivity index (χ2v) is 7.20. The van der Waals surface area contributed by atoms with Crippen molar-refractivity contribution in [2.75, 3.05) is 0 Å². The first-order valence-corrected chi connectivity index (χ1v) is 8.71. The van der Waals surface area contributed by atoms with E-state index in [1.807, 2.05) is 13.8 Å². The van der Waals surface area contributed by atoms with Crippen molar-refractivity contribution < 1.29 is 13.5 Å². The highest BCUT2D eigenvalue weighted by molar-refractivity contribution is 7.89. The van der Waals surface area contributed by atoms with Gasteiger partial charge in [-0.1, -0.05) is 26.0 Å². The second-order valence-electron chi connectivity index (χ2n) is 5.55. The quantitative estimate of drug-likeness (QED) is 0.847.